The van der Waals surface area contributed by atoms with Gasteiger partial charge in [-0.05, 0) is 62.0 Å². The number of allylic oxidation sites excluding steroid dienone is 1. The summed E-state index contributed by atoms with van der Waals surface area (Å²) in [5.74, 6) is 1.34. The van der Waals surface area contributed by atoms with Crippen LogP contribution in [0, 0.1) is 23.2 Å². The minimum Gasteiger partial charge on any atom is -0.466 e. The number of hydrogen-bond acceptors (Lipinski definition) is 5. The molecule has 0 aromatic carbocycles. The number of hydrogen-bond donors (Lipinski definition) is 1. The Morgan fingerprint density at radius 2 is 2.27 bits per heavy atom. The Morgan fingerprint density at radius 3 is 2.96 bits per heavy atom. The average molecular weight is 366 g/mol. The SMILES string of the molecule is CCOC(=O)C1CCCN(CC(O)COCC2=CCC3CC2C3(C)C)C1. The van der Waals surface area contributed by atoms with Crippen molar-refractivity contribution in [2.75, 3.05) is 39.5 Å². The van der Waals surface area contributed by atoms with Crippen LogP contribution in [0.1, 0.15) is 46.5 Å². The maximum Gasteiger partial charge on any atom is 0.310 e. The van der Waals surface area contributed by atoms with Crippen LogP contribution < -0.4 is 0 Å². The van der Waals surface area contributed by atoms with E-state index in [9.17, 15) is 9.90 Å². The molecule has 1 heterocycles. The molecule has 0 radical (unpaired) electrons. The van der Waals surface area contributed by atoms with Gasteiger partial charge in [-0.2, -0.15) is 0 Å². The van der Waals surface area contributed by atoms with E-state index in [1.54, 1.807) is 0 Å². The second-order valence-corrected chi connectivity index (χ2v) is 8.84. The first-order chi connectivity index (χ1) is 12.4. The Balaban J connectivity index is 1.37. The van der Waals surface area contributed by atoms with E-state index in [0.29, 0.717) is 44.2 Å². The summed E-state index contributed by atoms with van der Waals surface area (Å²) in [5, 5.41) is 10.3. The Bertz CT molecular complexity index is 530. The maximum absolute atomic E-state index is 11.9. The summed E-state index contributed by atoms with van der Waals surface area (Å²) in [6.45, 7) is 10.2. The quantitative estimate of drug-likeness (QED) is 0.529. The highest BCUT2D eigenvalue weighted by Gasteiger charge is 2.50. The first-order valence-electron chi connectivity index (χ1n) is 10.3. The van der Waals surface area contributed by atoms with Gasteiger partial charge in [-0.25, -0.2) is 0 Å². The van der Waals surface area contributed by atoms with Crippen molar-refractivity contribution in [3.63, 3.8) is 0 Å². The van der Waals surface area contributed by atoms with E-state index in [0.717, 1.165) is 25.3 Å². The van der Waals surface area contributed by atoms with Crippen molar-refractivity contribution in [3.05, 3.63) is 11.6 Å². The van der Waals surface area contributed by atoms with Crippen LogP contribution in [-0.4, -0.2) is 61.5 Å². The van der Waals surface area contributed by atoms with Crippen molar-refractivity contribution in [1.29, 1.82) is 0 Å². The molecule has 1 aliphatic heterocycles. The van der Waals surface area contributed by atoms with Crippen LogP contribution >= 0.6 is 0 Å². The van der Waals surface area contributed by atoms with Gasteiger partial charge in [0.1, 0.15) is 0 Å². The minimum atomic E-state index is -0.512. The highest BCUT2D eigenvalue weighted by atomic mass is 16.5. The zero-order chi connectivity index (χ0) is 18.7. The maximum atomic E-state index is 11.9. The molecule has 5 heteroatoms. The lowest BCUT2D eigenvalue weighted by molar-refractivity contribution is -0.150. The number of ether oxygens (including phenoxy) is 2. The normalized spacial score (nSPS) is 31.7. The lowest BCUT2D eigenvalue weighted by Crippen LogP contribution is -2.48. The number of β-amino-alcohol motifs (C(OH)–C–C–N with tert-alkyl or cyclic N) is 1. The van der Waals surface area contributed by atoms with Crippen LogP contribution in [0.25, 0.3) is 0 Å². The van der Waals surface area contributed by atoms with Crippen molar-refractivity contribution in [3.8, 4) is 0 Å². The second-order valence-electron chi connectivity index (χ2n) is 8.84. The zero-order valence-electron chi connectivity index (χ0n) is 16.6. The number of piperidine rings is 1. The van der Waals surface area contributed by atoms with E-state index in [1.165, 1.54) is 18.4 Å². The Hall–Kier alpha value is -0.910. The summed E-state index contributed by atoms with van der Waals surface area (Å²) in [6, 6.07) is 0. The Morgan fingerprint density at radius 1 is 1.46 bits per heavy atom. The smallest absolute Gasteiger partial charge is 0.310 e. The molecule has 2 fully saturated rings. The number of esters is 1. The van der Waals surface area contributed by atoms with Crippen LogP contribution in [0.15, 0.2) is 11.6 Å². The van der Waals surface area contributed by atoms with Crippen molar-refractivity contribution < 1.29 is 19.4 Å². The molecular formula is C21H35NO4. The van der Waals surface area contributed by atoms with E-state index in [2.05, 4.69) is 24.8 Å². The molecule has 1 saturated heterocycles. The van der Waals surface area contributed by atoms with Crippen LogP contribution in [-0.2, 0) is 14.3 Å². The van der Waals surface area contributed by atoms with Gasteiger partial charge >= 0.3 is 5.97 Å². The third-order valence-electron chi connectivity index (χ3n) is 6.76. The topological polar surface area (TPSA) is 59.0 Å². The highest BCUT2D eigenvalue weighted by molar-refractivity contribution is 5.72. The molecular weight excluding hydrogens is 330 g/mol. The van der Waals surface area contributed by atoms with Crippen LogP contribution in [0.5, 0.6) is 0 Å². The van der Waals surface area contributed by atoms with Gasteiger partial charge in [-0.15, -0.1) is 0 Å². The average Bonchev–Trinajstić information content (AvgIpc) is 2.62. The van der Waals surface area contributed by atoms with Gasteiger partial charge in [-0.3, -0.25) is 9.69 Å². The molecule has 3 aliphatic carbocycles. The molecule has 1 saturated carbocycles. The molecule has 4 atom stereocenters. The van der Waals surface area contributed by atoms with Crippen LogP contribution in [0.2, 0.25) is 0 Å². The first-order valence-corrected chi connectivity index (χ1v) is 10.3. The highest BCUT2D eigenvalue weighted by Crippen LogP contribution is 2.59. The molecule has 0 spiro atoms. The number of carbonyl (C=O) groups is 1. The molecule has 4 unspecified atom stereocenters. The fourth-order valence-electron chi connectivity index (χ4n) is 4.98. The molecule has 2 bridgehead atoms. The third kappa shape index (κ3) is 4.32. The fourth-order valence-corrected chi connectivity index (χ4v) is 4.98. The molecule has 0 aromatic heterocycles. The molecule has 1 N–H and O–H groups in total. The molecule has 26 heavy (non-hydrogen) atoms. The number of rotatable bonds is 8. The van der Waals surface area contributed by atoms with Crippen LogP contribution in [0.3, 0.4) is 0 Å². The monoisotopic (exact) mass is 365 g/mol. The second kappa shape index (κ2) is 8.41. The number of fused-ring (bicyclic) bond motifs is 1. The van der Waals surface area contributed by atoms with Gasteiger partial charge in [0.15, 0.2) is 0 Å². The van der Waals surface area contributed by atoms with E-state index in [-0.39, 0.29) is 11.9 Å². The number of nitrogens with zero attached hydrogens (tertiary/aromatic N) is 1. The van der Waals surface area contributed by atoms with Crippen molar-refractivity contribution in [2.24, 2.45) is 23.2 Å². The van der Waals surface area contributed by atoms with E-state index < -0.39 is 6.10 Å². The number of aliphatic hydroxyl groups excluding tert-OH is 1. The van der Waals surface area contributed by atoms with E-state index in [4.69, 9.17) is 9.47 Å². The van der Waals surface area contributed by atoms with Crippen LogP contribution in [0.4, 0.5) is 0 Å². The number of aliphatic hydroxyl groups is 1. The predicted octanol–water partition coefficient (Wildman–Crippen LogP) is 2.63. The van der Waals surface area contributed by atoms with Gasteiger partial charge in [0.2, 0.25) is 0 Å². The van der Waals surface area contributed by atoms with Crippen molar-refractivity contribution in [2.45, 2.75) is 52.6 Å². The van der Waals surface area contributed by atoms with Gasteiger partial charge in [-0.1, -0.05) is 19.9 Å². The van der Waals surface area contributed by atoms with Crippen molar-refractivity contribution in [1.82, 2.24) is 4.90 Å². The van der Waals surface area contributed by atoms with Gasteiger partial charge in [0.05, 0.1) is 31.8 Å². The molecule has 0 aromatic rings. The van der Waals surface area contributed by atoms with Gasteiger partial charge in [0.25, 0.3) is 0 Å². The summed E-state index contributed by atoms with van der Waals surface area (Å²) in [4.78, 5) is 14.1. The lowest BCUT2D eigenvalue weighted by Gasteiger charge is -2.56. The number of carbonyl (C=O) groups excluding carboxylic acids is 1. The largest absolute Gasteiger partial charge is 0.466 e. The zero-order valence-corrected chi connectivity index (χ0v) is 16.6. The standard InChI is InChI=1S/C21H35NO4/c1-4-26-20(24)15-6-5-9-22(11-15)12-18(23)14-25-13-16-7-8-17-10-19(16)21(17,2)3/h7,15,17-19,23H,4-6,8-14H2,1-3H3. The van der Waals surface area contributed by atoms with Gasteiger partial charge in [0, 0.05) is 13.1 Å². The van der Waals surface area contributed by atoms with Crippen molar-refractivity contribution >= 4 is 5.97 Å². The Kier molecular flexibility index (Phi) is 6.41. The Labute approximate surface area is 157 Å². The van der Waals surface area contributed by atoms with Gasteiger partial charge < -0.3 is 14.6 Å². The van der Waals surface area contributed by atoms with E-state index >= 15 is 0 Å². The lowest BCUT2D eigenvalue weighted by atomic mass is 9.49. The molecule has 0 amide bonds. The third-order valence-corrected chi connectivity index (χ3v) is 6.76. The number of likely N-dealkylation sites (tertiary alicyclic amines) is 1. The summed E-state index contributed by atoms with van der Waals surface area (Å²) in [6.07, 6.45) is 6.17. The summed E-state index contributed by atoms with van der Waals surface area (Å²) in [5.41, 5.74) is 1.84. The fraction of sp³-hybridized carbons (Fsp3) is 0.857. The summed E-state index contributed by atoms with van der Waals surface area (Å²) >= 11 is 0. The molecule has 4 rings (SSSR count). The first kappa shape index (κ1) is 19.8. The molecule has 4 aliphatic rings. The minimum absolute atomic E-state index is 0.0574. The summed E-state index contributed by atoms with van der Waals surface area (Å²) in [7, 11) is 0. The summed E-state index contributed by atoms with van der Waals surface area (Å²) < 4.78 is 11.0. The predicted molar refractivity (Wildman–Crippen MR) is 101 cm³/mol. The van der Waals surface area contributed by atoms with E-state index in [1.807, 2.05) is 6.92 Å². The molecule has 5 nitrogen and oxygen atoms in total. The molecule has 148 valence electrons.